The SMILES string of the molecule is CC(CN)Cc1cc(F)c(Br)cc1O. The van der Waals surface area contributed by atoms with Crippen LogP contribution in [-0.4, -0.2) is 11.7 Å². The molecule has 0 spiro atoms. The Labute approximate surface area is 91.1 Å². The minimum Gasteiger partial charge on any atom is -0.508 e. The molecule has 1 atom stereocenters. The van der Waals surface area contributed by atoms with E-state index in [9.17, 15) is 9.50 Å². The summed E-state index contributed by atoms with van der Waals surface area (Å²) in [6.07, 6.45) is 0.590. The molecule has 1 aromatic rings. The number of hydrogen-bond acceptors (Lipinski definition) is 2. The number of phenols is 1. The number of aromatic hydroxyl groups is 1. The van der Waals surface area contributed by atoms with E-state index < -0.39 is 0 Å². The van der Waals surface area contributed by atoms with Crippen molar-refractivity contribution in [3.05, 3.63) is 28.0 Å². The number of rotatable bonds is 3. The van der Waals surface area contributed by atoms with Crippen LogP contribution in [0.2, 0.25) is 0 Å². The predicted octanol–water partition coefficient (Wildman–Crippen LogP) is 2.43. The zero-order valence-corrected chi connectivity index (χ0v) is 9.51. The average molecular weight is 262 g/mol. The van der Waals surface area contributed by atoms with Gasteiger partial charge in [0.15, 0.2) is 0 Å². The van der Waals surface area contributed by atoms with Gasteiger partial charge in [-0.3, -0.25) is 0 Å². The number of hydrogen-bond donors (Lipinski definition) is 2. The summed E-state index contributed by atoms with van der Waals surface area (Å²) in [6, 6.07) is 2.71. The Bertz CT molecular complexity index is 330. The van der Waals surface area contributed by atoms with Gasteiger partial charge in [-0.15, -0.1) is 0 Å². The minimum absolute atomic E-state index is 0.110. The first kappa shape index (κ1) is 11.5. The molecule has 0 heterocycles. The van der Waals surface area contributed by atoms with Gasteiger partial charge in [0.25, 0.3) is 0 Å². The van der Waals surface area contributed by atoms with Crippen molar-refractivity contribution in [2.24, 2.45) is 11.7 Å². The second-order valence-corrected chi connectivity index (χ2v) is 4.29. The Morgan fingerprint density at radius 2 is 2.21 bits per heavy atom. The minimum atomic E-state index is -0.359. The zero-order chi connectivity index (χ0) is 10.7. The second-order valence-electron chi connectivity index (χ2n) is 3.44. The highest BCUT2D eigenvalue weighted by molar-refractivity contribution is 9.10. The number of benzene rings is 1. The third kappa shape index (κ3) is 2.69. The van der Waals surface area contributed by atoms with Crippen molar-refractivity contribution in [2.75, 3.05) is 6.54 Å². The van der Waals surface area contributed by atoms with Gasteiger partial charge in [-0.25, -0.2) is 4.39 Å². The molecule has 0 amide bonds. The van der Waals surface area contributed by atoms with E-state index in [1.165, 1.54) is 12.1 Å². The first-order chi connectivity index (χ1) is 6.54. The summed E-state index contributed by atoms with van der Waals surface area (Å²) in [4.78, 5) is 0. The fraction of sp³-hybridized carbons (Fsp3) is 0.400. The Morgan fingerprint density at radius 1 is 1.57 bits per heavy atom. The van der Waals surface area contributed by atoms with Crippen LogP contribution >= 0.6 is 15.9 Å². The molecule has 0 aliphatic carbocycles. The first-order valence-electron chi connectivity index (χ1n) is 4.41. The van der Waals surface area contributed by atoms with E-state index in [4.69, 9.17) is 5.73 Å². The maximum Gasteiger partial charge on any atom is 0.137 e. The molecular formula is C10H13BrFNO. The lowest BCUT2D eigenvalue weighted by molar-refractivity contribution is 0.456. The Morgan fingerprint density at radius 3 is 2.79 bits per heavy atom. The molecule has 1 rings (SSSR count). The van der Waals surface area contributed by atoms with E-state index >= 15 is 0 Å². The summed E-state index contributed by atoms with van der Waals surface area (Å²) in [7, 11) is 0. The predicted molar refractivity (Wildman–Crippen MR) is 57.7 cm³/mol. The third-order valence-electron chi connectivity index (χ3n) is 2.09. The molecule has 0 aliphatic heterocycles. The summed E-state index contributed by atoms with van der Waals surface area (Å²) >= 11 is 3.00. The fourth-order valence-electron chi connectivity index (χ4n) is 1.20. The maximum absolute atomic E-state index is 13.1. The molecule has 0 saturated heterocycles. The number of phenolic OH excluding ortho intramolecular Hbond substituents is 1. The lowest BCUT2D eigenvalue weighted by Gasteiger charge is -2.10. The van der Waals surface area contributed by atoms with Crippen LogP contribution < -0.4 is 5.73 Å². The van der Waals surface area contributed by atoms with Crippen molar-refractivity contribution in [3.8, 4) is 5.75 Å². The van der Waals surface area contributed by atoms with Crippen molar-refractivity contribution in [1.82, 2.24) is 0 Å². The van der Waals surface area contributed by atoms with Gasteiger partial charge in [-0.05, 0) is 52.5 Å². The van der Waals surface area contributed by atoms with Gasteiger partial charge in [0, 0.05) is 0 Å². The lowest BCUT2D eigenvalue weighted by Crippen LogP contribution is -2.13. The molecule has 2 nitrogen and oxygen atoms in total. The van der Waals surface area contributed by atoms with Crippen molar-refractivity contribution >= 4 is 15.9 Å². The van der Waals surface area contributed by atoms with Gasteiger partial charge in [-0.1, -0.05) is 6.92 Å². The zero-order valence-electron chi connectivity index (χ0n) is 7.93. The molecule has 1 unspecified atom stereocenters. The lowest BCUT2D eigenvalue weighted by atomic mass is 10.0. The normalized spacial score (nSPS) is 12.9. The van der Waals surface area contributed by atoms with E-state index in [1.807, 2.05) is 6.92 Å². The van der Waals surface area contributed by atoms with Gasteiger partial charge in [0.05, 0.1) is 4.47 Å². The highest BCUT2D eigenvalue weighted by Crippen LogP contribution is 2.27. The van der Waals surface area contributed by atoms with Crippen LogP contribution in [0, 0.1) is 11.7 Å². The molecule has 0 aromatic heterocycles. The molecule has 14 heavy (non-hydrogen) atoms. The molecule has 0 saturated carbocycles. The van der Waals surface area contributed by atoms with Crippen LogP contribution in [0.1, 0.15) is 12.5 Å². The molecule has 4 heteroatoms. The second kappa shape index (κ2) is 4.75. The van der Waals surface area contributed by atoms with Crippen molar-refractivity contribution in [1.29, 1.82) is 0 Å². The molecular weight excluding hydrogens is 249 g/mol. The van der Waals surface area contributed by atoms with Gasteiger partial charge in [0.1, 0.15) is 11.6 Å². The fourth-order valence-corrected chi connectivity index (χ4v) is 1.53. The van der Waals surface area contributed by atoms with Gasteiger partial charge < -0.3 is 10.8 Å². The van der Waals surface area contributed by atoms with Gasteiger partial charge in [-0.2, -0.15) is 0 Å². The summed E-state index contributed by atoms with van der Waals surface area (Å²) in [6.45, 7) is 2.48. The highest BCUT2D eigenvalue weighted by Gasteiger charge is 2.10. The molecule has 0 aliphatic rings. The monoisotopic (exact) mass is 261 g/mol. The van der Waals surface area contributed by atoms with Crippen LogP contribution in [0.25, 0.3) is 0 Å². The smallest absolute Gasteiger partial charge is 0.137 e. The summed E-state index contributed by atoms with van der Waals surface area (Å²) in [5.41, 5.74) is 6.05. The summed E-state index contributed by atoms with van der Waals surface area (Å²) in [5, 5.41) is 9.52. The van der Waals surface area contributed by atoms with Gasteiger partial charge in [0.2, 0.25) is 0 Å². The van der Waals surface area contributed by atoms with Crippen LogP contribution in [0.15, 0.2) is 16.6 Å². The van der Waals surface area contributed by atoms with Crippen molar-refractivity contribution < 1.29 is 9.50 Å². The van der Waals surface area contributed by atoms with Crippen LogP contribution in [0.3, 0.4) is 0 Å². The quantitative estimate of drug-likeness (QED) is 0.878. The first-order valence-corrected chi connectivity index (χ1v) is 5.20. The van der Waals surface area contributed by atoms with Crippen molar-refractivity contribution in [2.45, 2.75) is 13.3 Å². The van der Waals surface area contributed by atoms with E-state index in [0.29, 0.717) is 18.5 Å². The Balaban J connectivity index is 2.92. The third-order valence-corrected chi connectivity index (χ3v) is 2.70. The Hall–Kier alpha value is -0.610. The van der Waals surface area contributed by atoms with E-state index in [1.54, 1.807) is 0 Å². The molecule has 3 N–H and O–H groups in total. The Kier molecular flexibility index (Phi) is 3.89. The molecule has 0 radical (unpaired) electrons. The summed E-state index contributed by atoms with van der Waals surface area (Å²) in [5.74, 6) is -0.0120. The molecule has 0 fully saturated rings. The summed E-state index contributed by atoms with van der Waals surface area (Å²) < 4.78 is 13.4. The van der Waals surface area contributed by atoms with E-state index in [0.717, 1.165) is 0 Å². The van der Waals surface area contributed by atoms with E-state index in [2.05, 4.69) is 15.9 Å². The number of nitrogens with two attached hydrogens (primary N) is 1. The largest absolute Gasteiger partial charge is 0.508 e. The topological polar surface area (TPSA) is 46.2 Å². The maximum atomic E-state index is 13.1. The highest BCUT2D eigenvalue weighted by atomic mass is 79.9. The van der Waals surface area contributed by atoms with Crippen LogP contribution in [-0.2, 0) is 6.42 Å². The van der Waals surface area contributed by atoms with E-state index in [-0.39, 0.29) is 22.0 Å². The molecule has 1 aromatic carbocycles. The number of halogens is 2. The standard InChI is InChI=1S/C10H13BrFNO/c1-6(5-13)2-7-3-9(12)8(11)4-10(7)14/h3-4,6,14H,2,5,13H2,1H3. The van der Waals surface area contributed by atoms with Crippen LogP contribution in [0.4, 0.5) is 4.39 Å². The molecule has 0 bridgehead atoms. The van der Waals surface area contributed by atoms with Gasteiger partial charge >= 0.3 is 0 Å². The average Bonchev–Trinajstić information content (AvgIpc) is 2.14. The van der Waals surface area contributed by atoms with Crippen LogP contribution in [0.5, 0.6) is 5.75 Å². The van der Waals surface area contributed by atoms with Crippen molar-refractivity contribution in [3.63, 3.8) is 0 Å². The molecule has 78 valence electrons.